The molecule has 1 aliphatic carbocycles. The molecule has 2 amide bonds. The standard InChI is InChI=1S/C18H21ClN2O4/c1-21(11-16(22)20-15-10-6-5-9-14(15)19)17(23)12-25-18(24)13-7-3-2-4-8-13/h2-3,5-6,9-10,13H,4,7-8,11-12H2,1H3,(H,20,22)/t13-/m1/s1. The average molecular weight is 365 g/mol. The lowest BCUT2D eigenvalue weighted by atomic mass is 9.95. The van der Waals surface area contributed by atoms with E-state index in [-0.39, 0.29) is 30.9 Å². The summed E-state index contributed by atoms with van der Waals surface area (Å²) in [6.07, 6.45) is 6.20. The molecule has 0 heterocycles. The molecule has 0 saturated carbocycles. The predicted octanol–water partition coefficient (Wildman–Crippen LogP) is 2.64. The number of likely N-dealkylation sites (N-methyl/N-ethyl adjacent to an activating group) is 1. The van der Waals surface area contributed by atoms with E-state index in [0.717, 1.165) is 12.8 Å². The van der Waals surface area contributed by atoms with Crippen molar-refractivity contribution in [3.63, 3.8) is 0 Å². The molecule has 25 heavy (non-hydrogen) atoms. The van der Waals surface area contributed by atoms with Crippen LogP contribution in [0.4, 0.5) is 5.69 Å². The molecule has 134 valence electrons. The molecule has 1 aromatic rings. The summed E-state index contributed by atoms with van der Waals surface area (Å²) in [5, 5.41) is 3.05. The number of para-hydroxylation sites is 1. The second-order valence-electron chi connectivity index (χ2n) is 5.87. The summed E-state index contributed by atoms with van der Waals surface area (Å²) in [7, 11) is 1.48. The number of amides is 2. The van der Waals surface area contributed by atoms with E-state index in [1.807, 2.05) is 12.2 Å². The van der Waals surface area contributed by atoms with Crippen molar-refractivity contribution in [3.8, 4) is 0 Å². The van der Waals surface area contributed by atoms with E-state index in [1.54, 1.807) is 24.3 Å². The largest absolute Gasteiger partial charge is 0.455 e. The number of allylic oxidation sites excluding steroid dienone is 2. The quantitative estimate of drug-likeness (QED) is 0.622. The summed E-state index contributed by atoms with van der Waals surface area (Å²) in [4.78, 5) is 37.1. The third-order valence-corrected chi connectivity index (χ3v) is 4.22. The zero-order chi connectivity index (χ0) is 18.2. The van der Waals surface area contributed by atoms with Crippen molar-refractivity contribution in [2.75, 3.05) is 25.5 Å². The molecule has 0 bridgehead atoms. The van der Waals surface area contributed by atoms with Crippen molar-refractivity contribution in [1.29, 1.82) is 0 Å². The Hall–Kier alpha value is -2.34. The fraction of sp³-hybridized carbons (Fsp3) is 0.389. The Morgan fingerprint density at radius 1 is 1.28 bits per heavy atom. The minimum atomic E-state index is -0.436. The molecule has 0 unspecified atom stereocenters. The second-order valence-corrected chi connectivity index (χ2v) is 6.27. The zero-order valence-corrected chi connectivity index (χ0v) is 14.8. The number of ether oxygens (including phenoxy) is 1. The third-order valence-electron chi connectivity index (χ3n) is 3.89. The van der Waals surface area contributed by atoms with Gasteiger partial charge in [0.05, 0.1) is 23.2 Å². The summed E-state index contributed by atoms with van der Waals surface area (Å²) in [6, 6.07) is 6.83. The summed E-state index contributed by atoms with van der Waals surface area (Å²) < 4.78 is 5.07. The van der Waals surface area contributed by atoms with Crippen LogP contribution in [0.25, 0.3) is 0 Å². The maximum Gasteiger partial charge on any atom is 0.309 e. The van der Waals surface area contributed by atoms with Gasteiger partial charge < -0.3 is 15.0 Å². The van der Waals surface area contributed by atoms with Gasteiger partial charge in [-0.1, -0.05) is 35.9 Å². The normalized spacial score (nSPS) is 16.2. The first-order valence-electron chi connectivity index (χ1n) is 8.07. The van der Waals surface area contributed by atoms with Gasteiger partial charge in [-0.15, -0.1) is 0 Å². The van der Waals surface area contributed by atoms with Gasteiger partial charge in [-0.25, -0.2) is 0 Å². The Morgan fingerprint density at radius 2 is 2.04 bits per heavy atom. The fourth-order valence-electron chi connectivity index (χ4n) is 2.42. The molecular weight excluding hydrogens is 344 g/mol. The molecule has 6 nitrogen and oxygen atoms in total. The third kappa shape index (κ3) is 5.90. The number of hydrogen-bond acceptors (Lipinski definition) is 4. The number of carbonyl (C=O) groups excluding carboxylic acids is 3. The number of hydrogen-bond donors (Lipinski definition) is 1. The van der Waals surface area contributed by atoms with Gasteiger partial charge in [-0.3, -0.25) is 14.4 Å². The molecule has 1 aromatic carbocycles. The zero-order valence-electron chi connectivity index (χ0n) is 14.0. The average Bonchev–Trinajstić information content (AvgIpc) is 2.62. The maximum absolute atomic E-state index is 12.0. The number of benzene rings is 1. The van der Waals surface area contributed by atoms with E-state index in [0.29, 0.717) is 17.1 Å². The predicted molar refractivity (Wildman–Crippen MR) is 95.2 cm³/mol. The lowest BCUT2D eigenvalue weighted by Crippen LogP contribution is -2.38. The van der Waals surface area contributed by atoms with Gasteiger partial charge >= 0.3 is 5.97 Å². The Labute approximate surface area is 151 Å². The summed E-state index contributed by atoms with van der Waals surface area (Å²) >= 11 is 5.97. The highest BCUT2D eigenvalue weighted by molar-refractivity contribution is 6.33. The van der Waals surface area contributed by atoms with Crippen LogP contribution in [-0.4, -0.2) is 42.9 Å². The highest BCUT2D eigenvalue weighted by atomic mass is 35.5. The Balaban J connectivity index is 1.75. The number of rotatable bonds is 6. The van der Waals surface area contributed by atoms with Crippen LogP contribution >= 0.6 is 11.6 Å². The van der Waals surface area contributed by atoms with Crippen molar-refractivity contribution < 1.29 is 19.1 Å². The highest BCUT2D eigenvalue weighted by Gasteiger charge is 2.22. The Bertz CT molecular complexity index is 675. The van der Waals surface area contributed by atoms with Gasteiger partial charge in [-0.2, -0.15) is 0 Å². The molecule has 7 heteroatoms. The van der Waals surface area contributed by atoms with Crippen molar-refractivity contribution in [3.05, 3.63) is 41.4 Å². The van der Waals surface area contributed by atoms with Crippen LogP contribution in [0.15, 0.2) is 36.4 Å². The van der Waals surface area contributed by atoms with Crippen molar-refractivity contribution >= 4 is 35.1 Å². The number of halogens is 1. The highest BCUT2D eigenvalue weighted by Crippen LogP contribution is 2.20. The molecule has 2 rings (SSSR count). The minimum absolute atomic E-state index is 0.159. The molecular formula is C18H21ClN2O4. The summed E-state index contributed by atoms with van der Waals surface area (Å²) in [5.74, 6) is -1.38. The van der Waals surface area contributed by atoms with Gasteiger partial charge in [0, 0.05) is 7.05 Å². The molecule has 0 aromatic heterocycles. The van der Waals surface area contributed by atoms with Crippen LogP contribution in [0.3, 0.4) is 0 Å². The lowest BCUT2D eigenvalue weighted by molar-refractivity contribution is -0.155. The maximum atomic E-state index is 12.0. The minimum Gasteiger partial charge on any atom is -0.455 e. The van der Waals surface area contributed by atoms with Crippen molar-refractivity contribution in [2.45, 2.75) is 19.3 Å². The Kier molecular flexibility index (Phi) is 7.01. The van der Waals surface area contributed by atoms with Gasteiger partial charge in [0.25, 0.3) is 5.91 Å². The molecule has 1 atom stereocenters. The summed E-state index contributed by atoms with van der Waals surface area (Å²) in [6.45, 7) is -0.525. The van der Waals surface area contributed by atoms with E-state index in [4.69, 9.17) is 16.3 Å². The number of carbonyl (C=O) groups is 3. The SMILES string of the molecule is CN(CC(=O)Nc1ccccc1Cl)C(=O)COC(=O)[C@@H]1CC=CCC1. The molecule has 0 radical (unpaired) electrons. The first kappa shape index (κ1) is 19.0. The van der Waals surface area contributed by atoms with Crippen LogP contribution in [0.2, 0.25) is 5.02 Å². The number of anilines is 1. The molecule has 1 aliphatic rings. The molecule has 1 N–H and O–H groups in total. The van der Waals surface area contributed by atoms with E-state index in [9.17, 15) is 14.4 Å². The molecule has 0 fully saturated rings. The smallest absolute Gasteiger partial charge is 0.309 e. The molecule has 0 spiro atoms. The van der Waals surface area contributed by atoms with E-state index < -0.39 is 5.91 Å². The molecule has 0 aliphatic heterocycles. The van der Waals surface area contributed by atoms with E-state index in [2.05, 4.69) is 5.32 Å². The number of esters is 1. The fourth-order valence-corrected chi connectivity index (χ4v) is 2.61. The van der Waals surface area contributed by atoms with Crippen LogP contribution in [0, 0.1) is 5.92 Å². The van der Waals surface area contributed by atoms with Crippen LogP contribution in [-0.2, 0) is 19.1 Å². The van der Waals surface area contributed by atoms with Gasteiger partial charge in [0.2, 0.25) is 5.91 Å². The van der Waals surface area contributed by atoms with Crippen LogP contribution < -0.4 is 5.32 Å². The van der Waals surface area contributed by atoms with E-state index in [1.165, 1.54) is 11.9 Å². The lowest BCUT2D eigenvalue weighted by Gasteiger charge is -2.19. The monoisotopic (exact) mass is 364 g/mol. The Morgan fingerprint density at radius 3 is 2.72 bits per heavy atom. The second kappa shape index (κ2) is 9.22. The van der Waals surface area contributed by atoms with Crippen molar-refractivity contribution in [1.82, 2.24) is 4.90 Å². The van der Waals surface area contributed by atoms with Crippen LogP contribution in [0.1, 0.15) is 19.3 Å². The topological polar surface area (TPSA) is 75.7 Å². The van der Waals surface area contributed by atoms with Gasteiger partial charge in [0.1, 0.15) is 0 Å². The number of nitrogens with one attached hydrogen (secondary N) is 1. The first-order chi connectivity index (χ1) is 12.0. The van der Waals surface area contributed by atoms with Crippen molar-refractivity contribution in [2.24, 2.45) is 5.92 Å². The number of nitrogens with zero attached hydrogens (tertiary/aromatic N) is 1. The van der Waals surface area contributed by atoms with Crippen LogP contribution in [0.5, 0.6) is 0 Å². The van der Waals surface area contributed by atoms with Gasteiger partial charge in [0.15, 0.2) is 6.61 Å². The summed E-state index contributed by atoms with van der Waals surface area (Å²) in [5.41, 5.74) is 0.479. The first-order valence-corrected chi connectivity index (χ1v) is 8.45. The molecule has 0 saturated heterocycles. The van der Waals surface area contributed by atoms with Gasteiger partial charge in [-0.05, 0) is 31.4 Å². The van der Waals surface area contributed by atoms with E-state index >= 15 is 0 Å².